The summed E-state index contributed by atoms with van der Waals surface area (Å²) in [5.41, 5.74) is 0. The molecule has 0 fully saturated rings. The van der Waals surface area contributed by atoms with E-state index >= 15 is 0 Å². The van der Waals surface area contributed by atoms with E-state index in [0.29, 0.717) is 0 Å². The van der Waals surface area contributed by atoms with Gasteiger partial charge in [-0.05, 0) is 0 Å². The maximum Gasteiger partial charge on any atom is 0.121 e. The van der Waals surface area contributed by atoms with Crippen LogP contribution in [0.1, 0.15) is 0 Å². The van der Waals surface area contributed by atoms with E-state index in [1.54, 1.807) is 0 Å². The number of halogens is 1. The molecule has 0 rings (SSSR count). The van der Waals surface area contributed by atoms with Crippen molar-refractivity contribution in [2.45, 2.75) is 6.10 Å². The summed E-state index contributed by atoms with van der Waals surface area (Å²) < 4.78 is 4.61. The topological polar surface area (TPSA) is 49.7 Å². The molecule has 0 aliphatic heterocycles. The van der Waals surface area contributed by atoms with Gasteiger partial charge >= 0.3 is 0 Å². The Hall–Kier alpha value is 0.170. The summed E-state index contributed by atoms with van der Waals surface area (Å²) in [5.74, 6) is 0. The summed E-state index contributed by atoms with van der Waals surface area (Å²) in [6.45, 7) is -0.382. The van der Waals surface area contributed by atoms with Crippen LogP contribution in [0.3, 0.4) is 0 Å². The molecule has 0 radical (unpaired) electrons. The maximum atomic E-state index is 8.31. The second-order valence-electron chi connectivity index (χ2n) is 1.26. The van der Waals surface area contributed by atoms with Gasteiger partial charge < -0.3 is 14.9 Å². The van der Waals surface area contributed by atoms with Crippen molar-refractivity contribution < 1.29 is 14.9 Å². The molecule has 0 aliphatic rings. The number of hydrogen-bond acceptors (Lipinski definition) is 3. The van der Waals surface area contributed by atoms with Crippen LogP contribution in [0.2, 0.25) is 0 Å². The highest BCUT2D eigenvalue weighted by Gasteiger charge is 2.02. The number of aliphatic hydroxyl groups is 2. The van der Waals surface area contributed by atoms with E-state index in [4.69, 9.17) is 21.8 Å². The Balaban J connectivity index is 3.07. The van der Waals surface area contributed by atoms with Gasteiger partial charge in [-0.2, -0.15) is 0 Å². The van der Waals surface area contributed by atoms with Crippen molar-refractivity contribution >= 4 is 11.6 Å². The second-order valence-corrected chi connectivity index (χ2v) is 1.48. The highest BCUT2D eigenvalue weighted by atomic mass is 35.5. The minimum atomic E-state index is -0.521. The van der Waals surface area contributed by atoms with Crippen LogP contribution < -0.4 is 0 Å². The number of ether oxygens (including phenoxy) is 1. The van der Waals surface area contributed by atoms with E-state index in [1.807, 2.05) is 0 Å². The van der Waals surface area contributed by atoms with Gasteiger partial charge in [0.05, 0.1) is 13.2 Å². The first-order valence-electron chi connectivity index (χ1n) is 2.24. The lowest BCUT2D eigenvalue weighted by Gasteiger charge is -2.07. The zero-order valence-electron chi connectivity index (χ0n) is 4.38. The third kappa shape index (κ3) is 3.21. The fourth-order valence-corrected chi connectivity index (χ4v) is 0.430. The normalized spacial score (nSPS) is 10.5. The zero-order chi connectivity index (χ0) is 6.41. The van der Waals surface area contributed by atoms with Crippen LogP contribution in [-0.4, -0.2) is 35.6 Å². The molecule has 0 aromatic rings. The Morgan fingerprint density at radius 1 is 1.38 bits per heavy atom. The van der Waals surface area contributed by atoms with E-state index in [9.17, 15) is 0 Å². The fraction of sp³-hybridized carbons (Fsp3) is 1.00. The van der Waals surface area contributed by atoms with Gasteiger partial charge in [-0.25, -0.2) is 0 Å². The number of alkyl halides is 1. The Labute approximate surface area is 52.8 Å². The van der Waals surface area contributed by atoms with Gasteiger partial charge in [-0.15, -0.1) is 0 Å². The first-order chi connectivity index (χ1) is 3.85. The molecule has 0 aromatic heterocycles. The lowest BCUT2D eigenvalue weighted by atomic mass is 10.4. The molecular weight excluding hydrogens is 131 g/mol. The third-order valence-electron chi connectivity index (χ3n) is 0.706. The highest BCUT2D eigenvalue weighted by Crippen LogP contribution is 1.89. The van der Waals surface area contributed by atoms with Crippen molar-refractivity contribution in [1.82, 2.24) is 0 Å². The molecule has 0 spiro atoms. The van der Waals surface area contributed by atoms with Crippen LogP contribution in [0.15, 0.2) is 0 Å². The van der Waals surface area contributed by atoms with Crippen molar-refractivity contribution in [2.75, 3.05) is 19.3 Å². The van der Waals surface area contributed by atoms with Crippen LogP contribution in [0.4, 0.5) is 0 Å². The summed E-state index contributed by atoms with van der Waals surface area (Å²) in [7, 11) is 0. The highest BCUT2D eigenvalue weighted by molar-refractivity contribution is 6.17. The van der Waals surface area contributed by atoms with Crippen molar-refractivity contribution in [3.05, 3.63) is 0 Å². The van der Waals surface area contributed by atoms with E-state index in [1.165, 1.54) is 0 Å². The lowest BCUT2D eigenvalue weighted by molar-refractivity contribution is 0.000397. The predicted molar refractivity (Wildman–Crippen MR) is 29.8 cm³/mol. The van der Waals surface area contributed by atoms with Crippen LogP contribution in [0.25, 0.3) is 0 Å². The van der Waals surface area contributed by atoms with Crippen LogP contribution in [0, 0.1) is 0 Å². The average Bonchev–Trinajstić information content (AvgIpc) is 1.83. The van der Waals surface area contributed by atoms with Crippen molar-refractivity contribution in [3.63, 3.8) is 0 Å². The Morgan fingerprint density at radius 2 is 1.88 bits per heavy atom. The molecule has 0 atom stereocenters. The summed E-state index contributed by atoms with van der Waals surface area (Å²) in [6.07, 6.45) is -0.521. The van der Waals surface area contributed by atoms with Crippen LogP contribution in [0.5, 0.6) is 0 Å². The van der Waals surface area contributed by atoms with Gasteiger partial charge in [0.2, 0.25) is 0 Å². The summed E-state index contributed by atoms with van der Waals surface area (Å²) in [6, 6.07) is 0.00574. The summed E-state index contributed by atoms with van der Waals surface area (Å²) >= 11 is 5.11. The van der Waals surface area contributed by atoms with Crippen LogP contribution >= 0.6 is 11.6 Å². The van der Waals surface area contributed by atoms with E-state index in [2.05, 4.69) is 4.74 Å². The third-order valence-corrected chi connectivity index (χ3v) is 0.832. The molecule has 4 heteroatoms. The predicted octanol–water partition coefficient (Wildman–Crippen LogP) is -0.448. The number of rotatable bonds is 4. The first kappa shape index (κ1) is 8.17. The molecule has 0 amide bonds. The molecule has 0 aromatic carbocycles. The van der Waals surface area contributed by atoms with Gasteiger partial charge in [0, 0.05) is 0 Å². The van der Waals surface area contributed by atoms with E-state index in [-0.39, 0.29) is 19.3 Å². The zero-order valence-corrected chi connectivity index (χ0v) is 5.14. The second kappa shape index (κ2) is 5.31. The maximum absolute atomic E-state index is 8.31. The summed E-state index contributed by atoms with van der Waals surface area (Å²) in [5, 5.41) is 16.6. The van der Waals surface area contributed by atoms with E-state index in [0.717, 1.165) is 0 Å². The molecule has 3 nitrogen and oxygen atoms in total. The molecule has 0 bridgehead atoms. The molecule has 8 heavy (non-hydrogen) atoms. The summed E-state index contributed by atoms with van der Waals surface area (Å²) in [4.78, 5) is 0. The molecule has 2 N–H and O–H groups in total. The minimum absolute atomic E-state index is 0.00574. The fourth-order valence-electron chi connectivity index (χ4n) is 0.252. The Kier molecular flexibility index (Phi) is 5.42. The Morgan fingerprint density at radius 3 is 2.00 bits per heavy atom. The van der Waals surface area contributed by atoms with Crippen molar-refractivity contribution in [2.24, 2.45) is 0 Å². The largest absolute Gasteiger partial charge is 0.394 e. The molecule has 50 valence electrons. The van der Waals surface area contributed by atoms with Gasteiger partial charge in [0.1, 0.15) is 12.2 Å². The van der Waals surface area contributed by atoms with Crippen LogP contribution in [-0.2, 0) is 4.74 Å². The molecule has 0 saturated carbocycles. The SMILES string of the molecule is OCC(CO)OCCl. The van der Waals surface area contributed by atoms with Gasteiger partial charge in [-0.3, -0.25) is 0 Å². The molecule has 0 aliphatic carbocycles. The van der Waals surface area contributed by atoms with Crippen molar-refractivity contribution in [1.29, 1.82) is 0 Å². The first-order valence-corrected chi connectivity index (χ1v) is 2.78. The standard InChI is InChI=1S/C4H9ClO3/c5-3-8-4(1-6)2-7/h4,6-7H,1-3H2. The Bertz CT molecular complexity index is 46.5. The molecular formula is C4H9ClO3. The van der Waals surface area contributed by atoms with E-state index < -0.39 is 6.10 Å². The molecule has 0 heterocycles. The van der Waals surface area contributed by atoms with Crippen molar-refractivity contribution in [3.8, 4) is 0 Å². The lowest BCUT2D eigenvalue weighted by Crippen LogP contribution is -2.21. The van der Waals surface area contributed by atoms with Gasteiger partial charge in [0.25, 0.3) is 0 Å². The van der Waals surface area contributed by atoms with Gasteiger partial charge in [0.15, 0.2) is 0 Å². The monoisotopic (exact) mass is 140 g/mol. The quantitative estimate of drug-likeness (QED) is 0.521. The number of hydrogen-bond donors (Lipinski definition) is 2. The average molecular weight is 141 g/mol. The molecule has 0 saturated heterocycles. The van der Waals surface area contributed by atoms with Gasteiger partial charge in [-0.1, -0.05) is 11.6 Å². The smallest absolute Gasteiger partial charge is 0.121 e. The number of aliphatic hydroxyl groups excluding tert-OH is 2. The molecule has 0 unspecified atom stereocenters. The minimum Gasteiger partial charge on any atom is -0.394 e.